The lowest BCUT2D eigenvalue weighted by Gasteiger charge is -2.11. The van der Waals surface area contributed by atoms with Gasteiger partial charge in [0.25, 0.3) is 0 Å². The summed E-state index contributed by atoms with van der Waals surface area (Å²) in [5, 5.41) is 10.4. The first-order valence-corrected chi connectivity index (χ1v) is 6.89. The number of pyridine rings is 1. The molecular weight excluding hydrogens is 338 g/mol. The largest absolute Gasteiger partial charge is 0.495 e. The van der Waals surface area contributed by atoms with E-state index in [2.05, 4.69) is 36.3 Å². The van der Waals surface area contributed by atoms with Gasteiger partial charge in [-0.05, 0) is 22.0 Å². The highest BCUT2D eigenvalue weighted by atomic mass is 79.9. The van der Waals surface area contributed by atoms with Crippen LogP contribution in [0.2, 0.25) is 0 Å². The molecule has 21 heavy (non-hydrogen) atoms. The van der Waals surface area contributed by atoms with E-state index in [1.54, 1.807) is 13.2 Å². The Kier molecular flexibility index (Phi) is 3.61. The lowest BCUT2D eigenvalue weighted by atomic mass is 10.2. The molecule has 7 nitrogen and oxygen atoms in total. The average molecular weight is 350 g/mol. The predicted molar refractivity (Wildman–Crippen MR) is 81.1 cm³/mol. The molecule has 0 bridgehead atoms. The Bertz CT molecular complexity index is 789. The number of hydrogen-bond donors (Lipinski definition) is 2. The number of ether oxygens (including phenoxy) is 2. The summed E-state index contributed by atoms with van der Waals surface area (Å²) >= 11 is 3.44. The first kappa shape index (κ1) is 13.6. The fourth-order valence-corrected chi connectivity index (χ4v) is 2.56. The molecule has 0 aliphatic rings. The van der Waals surface area contributed by atoms with Crippen LogP contribution in [0.5, 0.6) is 11.5 Å². The number of benzene rings is 1. The number of nitrogens with two attached hydrogens (primary N) is 1. The number of anilines is 1. The Morgan fingerprint density at radius 2 is 2.19 bits per heavy atom. The van der Waals surface area contributed by atoms with E-state index in [0.717, 1.165) is 15.8 Å². The Morgan fingerprint density at radius 1 is 1.33 bits per heavy atom. The van der Waals surface area contributed by atoms with Crippen LogP contribution in [0.25, 0.3) is 11.2 Å². The molecule has 0 radical (unpaired) electrons. The Morgan fingerprint density at radius 3 is 3.00 bits per heavy atom. The number of halogens is 1. The zero-order valence-corrected chi connectivity index (χ0v) is 12.7. The first-order chi connectivity index (χ1) is 10.2. The van der Waals surface area contributed by atoms with Crippen molar-refractivity contribution in [2.75, 3.05) is 12.8 Å². The monoisotopic (exact) mass is 349 g/mol. The van der Waals surface area contributed by atoms with Gasteiger partial charge in [0.1, 0.15) is 18.2 Å². The highest BCUT2D eigenvalue weighted by Gasteiger charge is 2.12. The standard InChI is InChI=1S/C13H12BrN5O2/c1-20-12-7(3-2-4-8(12)14)6-21-9-5-10(15)16-13-11(9)17-19-18-13/h2-5H,6H2,1H3,(H3,15,16,17,18,19). The molecule has 8 heteroatoms. The van der Waals surface area contributed by atoms with Gasteiger partial charge in [0.2, 0.25) is 5.65 Å². The molecule has 0 saturated heterocycles. The molecule has 3 rings (SSSR count). The van der Waals surface area contributed by atoms with Gasteiger partial charge in [0.05, 0.1) is 11.6 Å². The van der Waals surface area contributed by atoms with Gasteiger partial charge < -0.3 is 15.2 Å². The first-order valence-electron chi connectivity index (χ1n) is 6.10. The Balaban J connectivity index is 1.90. The van der Waals surface area contributed by atoms with Crippen molar-refractivity contribution in [3.05, 3.63) is 34.3 Å². The average Bonchev–Trinajstić information content (AvgIpc) is 2.93. The van der Waals surface area contributed by atoms with Crippen molar-refractivity contribution in [1.29, 1.82) is 0 Å². The summed E-state index contributed by atoms with van der Waals surface area (Å²) in [5.41, 5.74) is 7.59. The molecule has 0 unspecified atom stereocenters. The van der Waals surface area contributed by atoms with Gasteiger partial charge in [-0.1, -0.05) is 12.1 Å². The van der Waals surface area contributed by atoms with E-state index in [-0.39, 0.29) is 0 Å². The fraction of sp³-hybridized carbons (Fsp3) is 0.154. The van der Waals surface area contributed by atoms with Crippen molar-refractivity contribution in [1.82, 2.24) is 20.4 Å². The van der Waals surface area contributed by atoms with Gasteiger partial charge in [0.15, 0.2) is 11.3 Å². The summed E-state index contributed by atoms with van der Waals surface area (Å²) in [5.74, 6) is 1.58. The third kappa shape index (κ3) is 2.62. The van der Waals surface area contributed by atoms with Crippen molar-refractivity contribution in [2.45, 2.75) is 6.61 Å². The summed E-state index contributed by atoms with van der Waals surface area (Å²) in [7, 11) is 1.61. The van der Waals surface area contributed by atoms with Crippen LogP contribution in [0.1, 0.15) is 5.56 Å². The van der Waals surface area contributed by atoms with Crippen LogP contribution in [-0.2, 0) is 6.61 Å². The number of methoxy groups -OCH3 is 1. The summed E-state index contributed by atoms with van der Waals surface area (Å²) in [4.78, 5) is 4.06. The highest BCUT2D eigenvalue weighted by molar-refractivity contribution is 9.10. The molecule has 108 valence electrons. The minimum absolute atomic E-state index is 0.314. The number of hydrogen-bond acceptors (Lipinski definition) is 6. The lowest BCUT2D eigenvalue weighted by molar-refractivity contribution is 0.299. The quantitative estimate of drug-likeness (QED) is 0.749. The molecule has 0 aliphatic carbocycles. The van der Waals surface area contributed by atoms with Crippen molar-refractivity contribution in [3.63, 3.8) is 0 Å². The molecule has 0 saturated carbocycles. The van der Waals surface area contributed by atoms with Gasteiger partial charge in [-0.15, -0.1) is 5.10 Å². The van der Waals surface area contributed by atoms with Gasteiger partial charge in [-0.25, -0.2) is 4.98 Å². The van der Waals surface area contributed by atoms with E-state index < -0.39 is 0 Å². The molecule has 0 amide bonds. The number of nitrogens with one attached hydrogen (secondary N) is 1. The van der Waals surface area contributed by atoms with Crippen LogP contribution in [0.4, 0.5) is 5.82 Å². The number of aromatic nitrogens is 4. The SMILES string of the molecule is COc1c(Br)cccc1COc1cc(N)nc2n[nH]nc12. The maximum atomic E-state index is 5.80. The molecule has 0 spiro atoms. The van der Waals surface area contributed by atoms with Crippen molar-refractivity contribution in [2.24, 2.45) is 0 Å². The number of rotatable bonds is 4. The predicted octanol–water partition coefficient (Wildman–Crippen LogP) is 2.29. The Hall–Kier alpha value is -2.35. The van der Waals surface area contributed by atoms with E-state index in [1.165, 1.54) is 0 Å². The molecule has 0 atom stereocenters. The number of fused-ring (bicyclic) bond motifs is 1. The number of nitrogen functional groups attached to an aromatic ring is 1. The lowest BCUT2D eigenvalue weighted by Crippen LogP contribution is -2.01. The molecule has 0 aliphatic heterocycles. The van der Waals surface area contributed by atoms with Crippen molar-refractivity contribution < 1.29 is 9.47 Å². The van der Waals surface area contributed by atoms with E-state index in [4.69, 9.17) is 15.2 Å². The number of H-pyrrole nitrogens is 1. The molecule has 2 heterocycles. The third-order valence-electron chi connectivity index (χ3n) is 2.91. The van der Waals surface area contributed by atoms with Crippen LogP contribution in [0.15, 0.2) is 28.7 Å². The second-order valence-electron chi connectivity index (χ2n) is 4.26. The Labute approximate surface area is 128 Å². The molecular formula is C13H12BrN5O2. The van der Waals surface area contributed by atoms with Gasteiger partial charge in [-0.3, -0.25) is 0 Å². The maximum absolute atomic E-state index is 5.80. The van der Waals surface area contributed by atoms with Gasteiger partial charge in [0, 0.05) is 11.6 Å². The van der Waals surface area contributed by atoms with Crippen molar-refractivity contribution >= 4 is 32.9 Å². The molecule has 1 aromatic carbocycles. The number of nitrogens with zero attached hydrogens (tertiary/aromatic N) is 3. The van der Waals surface area contributed by atoms with E-state index in [9.17, 15) is 0 Å². The van der Waals surface area contributed by atoms with Crippen LogP contribution in [0.3, 0.4) is 0 Å². The smallest absolute Gasteiger partial charge is 0.207 e. The van der Waals surface area contributed by atoms with E-state index in [1.807, 2.05) is 18.2 Å². The zero-order valence-electron chi connectivity index (χ0n) is 11.1. The summed E-state index contributed by atoms with van der Waals surface area (Å²) in [6.07, 6.45) is 0. The van der Waals surface area contributed by atoms with Crippen LogP contribution < -0.4 is 15.2 Å². The number of para-hydroxylation sites is 1. The van der Waals surface area contributed by atoms with Crippen LogP contribution in [0, 0.1) is 0 Å². The topological polar surface area (TPSA) is 98.9 Å². The van der Waals surface area contributed by atoms with Gasteiger partial charge >= 0.3 is 0 Å². The van der Waals surface area contributed by atoms with Crippen molar-refractivity contribution in [3.8, 4) is 11.5 Å². The van der Waals surface area contributed by atoms with E-state index >= 15 is 0 Å². The fourth-order valence-electron chi connectivity index (χ4n) is 1.99. The normalized spacial score (nSPS) is 10.8. The highest BCUT2D eigenvalue weighted by Crippen LogP contribution is 2.30. The summed E-state index contributed by atoms with van der Waals surface area (Å²) in [6.45, 7) is 0.314. The van der Waals surface area contributed by atoms with Crippen LogP contribution >= 0.6 is 15.9 Å². The second-order valence-corrected chi connectivity index (χ2v) is 5.12. The summed E-state index contributed by atoms with van der Waals surface area (Å²) in [6, 6.07) is 7.37. The third-order valence-corrected chi connectivity index (χ3v) is 3.54. The molecule has 3 N–H and O–H groups in total. The van der Waals surface area contributed by atoms with Gasteiger partial charge in [-0.2, -0.15) is 10.3 Å². The number of aromatic amines is 1. The van der Waals surface area contributed by atoms with Crippen LogP contribution in [-0.4, -0.2) is 27.5 Å². The molecule has 3 aromatic rings. The second kappa shape index (κ2) is 5.57. The molecule has 2 aromatic heterocycles. The molecule has 0 fully saturated rings. The minimum atomic E-state index is 0.314. The maximum Gasteiger partial charge on any atom is 0.207 e. The zero-order chi connectivity index (χ0) is 14.8. The minimum Gasteiger partial charge on any atom is -0.495 e. The summed E-state index contributed by atoms with van der Waals surface area (Å²) < 4.78 is 12.0. The van der Waals surface area contributed by atoms with E-state index in [0.29, 0.717) is 29.3 Å².